The monoisotopic (exact) mass is 318 g/mol. The number of unbranched alkanes of at least 4 members (excludes halogenated alkanes) is 2. The molecule has 0 N–H and O–H groups in total. The van der Waals surface area contributed by atoms with Gasteiger partial charge in [-0.25, -0.2) is 0 Å². The summed E-state index contributed by atoms with van der Waals surface area (Å²) in [5.74, 6) is 1.17. The molecule has 0 spiro atoms. The lowest BCUT2D eigenvalue weighted by Gasteiger charge is -2.38. The van der Waals surface area contributed by atoms with Gasteiger partial charge < -0.3 is 0 Å². The SMILES string of the molecule is C#C.CCCCCc1ccc(SCC(C)(C)C(C)(C)C)cc1. The van der Waals surface area contributed by atoms with Crippen molar-refractivity contribution in [2.75, 3.05) is 5.75 Å². The lowest BCUT2D eigenvalue weighted by Crippen LogP contribution is -2.31. The van der Waals surface area contributed by atoms with Crippen LogP contribution in [0.4, 0.5) is 0 Å². The standard InChI is InChI=1S/C19H32S.C2H2/c1-7-8-9-10-16-11-13-17(14-12-16)20-15-19(5,6)18(2,3)4;1-2/h11-14H,7-10,15H2,1-6H3;1-2H. The van der Waals surface area contributed by atoms with Gasteiger partial charge >= 0.3 is 0 Å². The first kappa shape index (κ1) is 21.1. The Morgan fingerprint density at radius 1 is 0.909 bits per heavy atom. The van der Waals surface area contributed by atoms with E-state index < -0.39 is 0 Å². The van der Waals surface area contributed by atoms with Gasteiger partial charge in [0.15, 0.2) is 0 Å². The number of terminal acetylenes is 1. The Kier molecular flexibility index (Phi) is 9.61. The predicted octanol–water partition coefficient (Wildman–Crippen LogP) is 6.83. The van der Waals surface area contributed by atoms with E-state index in [2.05, 4.69) is 78.7 Å². The average Bonchev–Trinajstić information content (AvgIpc) is 2.48. The predicted molar refractivity (Wildman–Crippen MR) is 104 cm³/mol. The van der Waals surface area contributed by atoms with Gasteiger partial charge in [-0.2, -0.15) is 0 Å². The van der Waals surface area contributed by atoms with E-state index in [0.29, 0.717) is 10.8 Å². The lowest BCUT2D eigenvalue weighted by atomic mass is 9.71. The maximum absolute atomic E-state index is 4.00. The highest BCUT2D eigenvalue weighted by atomic mass is 32.2. The van der Waals surface area contributed by atoms with E-state index >= 15 is 0 Å². The molecule has 0 aromatic heterocycles. The largest absolute Gasteiger partial charge is 0.126 e. The quantitative estimate of drug-likeness (QED) is 0.301. The van der Waals surface area contributed by atoms with E-state index in [9.17, 15) is 0 Å². The van der Waals surface area contributed by atoms with Crippen LogP contribution < -0.4 is 0 Å². The van der Waals surface area contributed by atoms with Crippen molar-refractivity contribution in [3.8, 4) is 12.8 Å². The second-order valence-corrected chi connectivity index (χ2v) is 8.57. The minimum atomic E-state index is 0.345. The summed E-state index contributed by atoms with van der Waals surface area (Å²) >= 11 is 1.99. The van der Waals surface area contributed by atoms with Gasteiger partial charge in [0.2, 0.25) is 0 Å². The van der Waals surface area contributed by atoms with E-state index in [1.54, 1.807) is 0 Å². The van der Waals surface area contributed by atoms with E-state index in [-0.39, 0.29) is 0 Å². The molecular formula is C21H34S. The molecule has 22 heavy (non-hydrogen) atoms. The van der Waals surface area contributed by atoms with Crippen LogP contribution >= 0.6 is 11.8 Å². The normalized spacial score (nSPS) is 11.6. The van der Waals surface area contributed by atoms with Crippen LogP contribution in [0.2, 0.25) is 0 Å². The highest BCUT2D eigenvalue weighted by Gasteiger charge is 2.32. The Morgan fingerprint density at radius 3 is 1.91 bits per heavy atom. The third-order valence-corrected chi connectivity index (χ3v) is 6.09. The first-order valence-electron chi connectivity index (χ1n) is 8.31. The molecule has 1 aromatic rings. The molecule has 0 heterocycles. The van der Waals surface area contributed by atoms with E-state index in [4.69, 9.17) is 0 Å². The van der Waals surface area contributed by atoms with Crippen LogP contribution in [0.3, 0.4) is 0 Å². The Morgan fingerprint density at radius 2 is 1.45 bits per heavy atom. The van der Waals surface area contributed by atoms with Gasteiger partial charge in [0.1, 0.15) is 0 Å². The second-order valence-electron chi connectivity index (χ2n) is 7.52. The average molecular weight is 319 g/mol. The number of rotatable bonds is 7. The third-order valence-electron chi connectivity index (χ3n) is 4.62. The molecule has 0 saturated carbocycles. The zero-order valence-electron chi connectivity index (χ0n) is 15.4. The molecule has 0 atom stereocenters. The molecule has 0 saturated heterocycles. The van der Waals surface area contributed by atoms with Gasteiger partial charge in [0.25, 0.3) is 0 Å². The summed E-state index contributed by atoms with van der Waals surface area (Å²) in [6, 6.07) is 9.21. The van der Waals surface area contributed by atoms with E-state index in [1.165, 1.54) is 41.9 Å². The third kappa shape index (κ3) is 7.41. The first-order chi connectivity index (χ1) is 10.3. The van der Waals surface area contributed by atoms with Crippen molar-refractivity contribution in [2.24, 2.45) is 10.8 Å². The Balaban J connectivity index is 0.00000211. The van der Waals surface area contributed by atoms with Crippen molar-refractivity contribution < 1.29 is 0 Å². The summed E-state index contributed by atoms with van der Waals surface area (Å²) in [5.41, 5.74) is 2.18. The van der Waals surface area contributed by atoms with Crippen LogP contribution in [0.5, 0.6) is 0 Å². The van der Waals surface area contributed by atoms with Gasteiger partial charge in [-0.05, 0) is 41.4 Å². The summed E-state index contributed by atoms with van der Waals surface area (Å²) in [6.07, 6.45) is 13.2. The fourth-order valence-electron chi connectivity index (χ4n) is 1.81. The Labute approximate surface area is 143 Å². The topological polar surface area (TPSA) is 0 Å². The maximum Gasteiger partial charge on any atom is 0.00723 e. The van der Waals surface area contributed by atoms with Crippen molar-refractivity contribution >= 4 is 11.8 Å². The fourth-order valence-corrected chi connectivity index (χ4v) is 3.10. The Bertz CT molecular complexity index is 417. The molecule has 0 fully saturated rings. The molecule has 0 nitrogen and oxygen atoms in total. The highest BCUT2D eigenvalue weighted by molar-refractivity contribution is 7.99. The van der Waals surface area contributed by atoms with Crippen LogP contribution in [-0.4, -0.2) is 5.75 Å². The van der Waals surface area contributed by atoms with Gasteiger partial charge in [0, 0.05) is 10.6 Å². The highest BCUT2D eigenvalue weighted by Crippen LogP contribution is 2.41. The van der Waals surface area contributed by atoms with Crippen LogP contribution in [-0.2, 0) is 6.42 Å². The minimum absolute atomic E-state index is 0.345. The van der Waals surface area contributed by atoms with Crippen molar-refractivity contribution in [3.63, 3.8) is 0 Å². The van der Waals surface area contributed by atoms with Crippen molar-refractivity contribution in [1.82, 2.24) is 0 Å². The summed E-state index contributed by atoms with van der Waals surface area (Å²) in [7, 11) is 0. The number of hydrogen-bond donors (Lipinski definition) is 0. The fraction of sp³-hybridized carbons (Fsp3) is 0.619. The van der Waals surface area contributed by atoms with Gasteiger partial charge in [-0.1, -0.05) is 66.5 Å². The molecule has 124 valence electrons. The van der Waals surface area contributed by atoms with Crippen LogP contribution in [0.15, 0.2) is 29.2 Å². The van der Waals surface area contributed by atoms with Gasteiger partial charge in [0.05, 0.1) is 0 Å². The van der Waals surface area contributed by atoms with Gasteiger partial charge in [-0.3, -0.25) is 0 Å². The first-order valence-corrected chi connectivity index (χ1v) is 9.30. The summed E-state index contributed by atoms with van der Waals surface area (Å²) in [6.45, 7) is 14.0. The molecule has 0 aliphatic carbocycles. The molecule has 0 aliphatic heterocycles. The summed E-state index contributed by atoms with van der Waals surface area (Å²) in [5, 5.41) is 0. The van der Waals surface area contributed by atoms with Gasteiger partial charge in [-0.15, -0.1) is 24.6 Å². The molecule has 1 rings (SSSR count). The lowest BCUT2D eigenvalue weighted by molar-refractivity contribution is 0.162. The van der Waals surface area contributed by atoms with Crippen molar-refractivity contribution in [1.29, 1.82) is 0 Å². The summed E-state index contributed by atoms with van der Waals surface area (Å²) < 4.78 is 0. The smallest absolute Gasteiger partial charge is 0.00723 e. The molecule has 1 heteroatoms. The number of benzene rings is 1. The zero-order valence-corrected chi connectivity index (χ0v) is 16.2. The maximum atomic E-state index is 4.00. The molecular weight excluding hydrogens is 284 g/mol. The zero-order chi connectivity index (χ0) is 17.2. The molecule has 0 unspecified atom stereocenters. The number of aryl methyl sites for hydroxylation is 1. The van der Waals surface area contributed by atoms with Crippen LogP contribution in [0.25, 0.3) is 0 Å². The van der Waals surface area contributed by atoms with Crippen LogP contribution in [0.1, 0.15) is 66.4 Å². The summed E-state index contributed by atoms with van der Waals surface area (Å²) in [4.78, 5) is 1.40. The Hall–Kier alpha value is -0.870. The molecule has 1 aromatic carbocycles. The molecule has 0 amide bonds. The molecule has 0 aliphatic rings. The number of hydrogen-bond acceptors (Lipinski definition) is 1. The number of thioether (sulfide) groups is 1. The molecule has 0 radical (unpaired) electrons. The van der Waals surface area contributed by atoms with Crippen molar-refractivity contribution in [3.05, 3.63) is 29.8 Å². The van der Waals surface area contributed by atoms with Crippen molar-refractivity contribution in [2.45, 2.75) is 72.1 Å². The second kappa shape index (κ2) is 10.0. The van der Waals surface area contributed by atoms with E-state index in [0.717, 1.165) is 0 Å². The van der Waals surface area contributed by atoms with Crippen LogP contribution in [0, 0.1) is 23.7 Å². The molecule has 0 bridgehead atoms. The van der Waals surface area contributed by atoms with E-state index in [1.807, 2.05) is 11.8 Å². The minimum Gasteiger partial charge on any atom is -0.126 e.